The number of carbonyl (C=O) groups excluding carboxylic acids is 1. The Balaban J connectivity index is 1.41. The van der Waals surface area contributed by atoms with Gasteiger partial charge in [-0.3, -0.25) is 4.90 Å². The minimum atomic E-state index is -4.54. The van der Waals surface area contributed by atoms with E-state index in [1.54, 1.807) is 0 Å². The summed E-state index contributed by atoms with van der Waals surface area (Å²) in [5.41, 5.74) is 3.87. The van der Waals surface area contributed by atoms with Crippen molar-refractivity contribution in [3.05, 3.63) is 29.3 Å². The first-order chi connectivity index (χ1) is 16.4. The summed E-state index contributed by atoms with van der Waals surface area (Å²) in [5.74, 6) is 0. The summed E-state index contributed by atoms with van der Waals surface area (Å²) in [6.07, 6.45) is -4.96. The number of likely N-dealkylation sites (tertiary alicyclic amines) is 2. The standard InChI is InChI=1S/C26H38F3N3O3/c1-19-5-6-21(22(15-19)30-11-13-34-14-12-30)16-32-18-25(17-24(32,3)4)7-9-31(10-8-25)23(33)35-20(2)26(27,28)29/h5-6,15,20H,7-14,16-18H2,1-4H3. The Kier molecular flexibility index (Phi) is 7.31. The van der Waals surface area contributed by atoms with Gasteiger partial charge in [-0.15, -0.1) is 0 Å². The van der Waals surface area contributed by atoms with Crippen LogP contribution in [0.1, 0.15) is 51.2 Å². The van der Waals surface area contributed by atoms with E-state index in [1.807, 2.05) is 0 Å². The number of benzene rings is 1. The fourth-order valence-corrected chi connectivity index (χ4v) is 5.88. The van der Waals surface area contributed by atoms with Gasteiger partial charge in [-0.25, -0.2) is 4.79 Å². The topological polar surface area (TPSA) is 45.2 Å². The number of rotatable bonds is 4. The van der Waals surface area contributed by atoms with Gasteiger partial charge >= 0.3 is 12.3 Å². The van der Waals surface area contributed by atoms with Crippen LogP contribution in [0.15, 0.2) is 18.2 Å². The fourth-order valence-electron chi connectivity index (χ4n) is 5.88. The van der Waals surface area contributed by atoms with Gasteiger partial charge in [0, 0.05) is 50.5 Å². The van der Waals surface area contributed by atoms with Crippen molar-refractivity contribution in [3.8, 4) is 0 Å². The van der Waals surface area contributed by atoms with E-state index in [2.05, 4.69) is 53.5 Å². The van der Waals surface area contributed by atoms with Crippen LogP contribution in [-0.2, 0) is 16.0 Å². The van der Waals surface area contributed by atoms with Crippen LogP contribution < -0.4 is 4.90 Å². The molecule has 3 aliphatic heterocycles. The quantitative estimate of drug-likeness (QED) is 0.587. The minimum Gasteiger partial charge on any atom is -0.437 e. The minimum absolute atomic E-state index is 0.0133. The van der Waals surface area contributed by atoms with Crippen molar-refractivity contribution in [1.82, 2.24) is 9.80 Å². The maximum Gasteiger partial charge on any atom is 0.425 e. The van der Waals surface area contributed by atoms with Crippen molar-refractivity contribution in [2.45, 2.75) is 71.3 Å². The van der Waals surface area contributed by atoms with Gasteiger partial charge in [0.15, 0.2) is 6.10 Å². The normalized spacial score (nSPS) is 23.5. The summed E-state index contributed by atoms with van der Waals surface area (Å²) < 4.78 is 48.6. The average Bonchev–Trinajstić information content (AvgIpc) is 3.04. The molecule has 0 N–H and O–H groups in total. The van der Waals surface area contributed by atoms with E-state index in [1.165, 1.54) is 21.7 Å². The van der Waals surface area contributed by atoms with E-state index in [9.17, 15) is 18.0 Å². The number of piperidine rings is 1. The zero-order valence-corrected chi connectivity index (χ0v) is 21.3. The van der Waals surface area contributed by atoms with E-state index >= 15 is 0 Å². The second-order valence-corrected chi connectivity index (χ2v) is 11.1. The highest BCUT2D eigenvalue weighted by Gasteiger charge is 2.50. The van der Waals surface area contributed by atoms with Crippen LogP contribution in [-0.4, -0.2) is 79.6 Å². The lowest BCUT2D eigenvalue weighted by molar-refractivity contribution is -0.200. The van der Waals surface area contributed by atoms with Gasteiger partial charge in [-0.1, -0.05) is 12.1 Å². The van der Waals surface area contributed by atoms with E-state index in [-0.39, 0.29) is 11.0 Å². The number of amides is 1. The molecule has 3 saturated heterocycles. The van der Waals surface area contributed by atoms with Gasteiger partial charge in [0.25, 0.3) is 0 Å². The highest BCUT2D eigenvalue weighted by Crippen LogP contribution is 2.49. The van der Waals surface area contributed by atoms with Crippen molar-refractivity contribution >= 4 is 11.8 Å². The Morgan fingerprint density at radius 1 is 1.14 bits per heavy atom. The molecule has 3 aliphatic rings. The lowest BCUT2D eigenvalue weighted by atomic mass is 9.74. The molecule has 1 amide bonds. The highest BCUT2D eigenvalue weighted by molar-refractivity contribution is 5.68. The molecule has 1 aromatic rings. The lowest BCUT2D eigenvalue weighted by Gasteiger charge is -2.39. The zero-order valence-electron chi connectivity index (χ0n) is 21.3. The molecule has 3 heterocycles. The fraction of sp³-hybridized carbons (Fsp3) is 0.731. The average molecular weight is 498 g/mol. The van der Waals surface area contributed by atoms with Gasteiger partial charge in [0.2, 0.25) is 0 Å². The second-order valence-electron chi connectivity index (χ2n) is 11.1. The first-order valence-electron chi connectivity index (χ1n) is 12.6. The molecule has 0 bridgehead atoms. The summed E-state index contributed by atoms with van der Waals surface area (Å²) in [5, 5.41) is 0. The summed E-state index contributed by atoms with van der Waals surface area (Å²) in [4.78, 5) is 18.7. The predicted octanol–water partition coefficient (Wildman–Crippen LogP) is 4.99. The van der Waals surface area contributed by atoms with E-state index in [4.69, 9.17) is 4.74 Å². The molecule has 1 aromatic carbocycles. The molecule has 196 valence electrons. The van der Waals surface area contributed by atoms with Crippen LogP contribution in [0.3, 0.4) is 0 Å². The van der Waals surface area contributed by atoms with Gasteiger partial charge in [-0.05, 0) is 69.6 Å². The number of alkyl halides is 3. The maximum absolute atomic E-state index is 12.8. The summed E-state index contributed by atoms with van der Waals surface area (Å²) >= 11 is 0. The molecule has 3 fully saturated rings. The lowest BCUT2D eigenvalue weighted by Crippen LogP contribution is -2.46. The Bertz CT molecular complexity index is 907. The van der Waals surface area contributed by atoms with Crippen LogP contribution in [0.2, 0.25) is 0 Å². The van der Waals surface area contributed by atoms with Crippen molar-refractivity contribution in [2.75, 3.05) is 50.8 Å². The number of anilines is 1. The molecule has 1 spiro atoms. The smallest absolute Gasteiger partial charge is 0.425 e. The Morgan fingerprint density at radius 3 is 2.43 bits per heavy atom. The van der Waals surface area contributed by atoms with E-state index < -0.39 is 18.4 Å². The number of hydrogen-bond acceptors (Lipinski definition) is 5. The molecule has 0 aliphatic carbocycles. The summed E-state index contributed by atoms with van der Waals surface area (Å²) in [7, 11) is 0. The molecular formula is C26H38F3N3O3. The molecule has 4 rings (SSSR count). The highest BCUT2D eigenvalue weighted by atomic mass is 19.4. The monoisotopic (exact) mass is 497 g/mol. The molecule has 0 aromatic heterocycles. The third-order valence-electron chi connectivity index (χ3n) is 7.96. The number of hydrogen-bond donors (Lipinski definition) is 0. The first kappa shape index (κ1) is 26.1. The summed E-state index contributed by atoms with van der Waals surface area (Å²) in [6.45, 7) is 13.4. The molecule has 6 nitrogen and oxygen atoms in total. The number of ether oxygens (including phenoxy) is 2. The van der Waals surface area contributed by atoms with Crippen LogP contribution in [0, 0.1) is 12.3 Å². The number of aryl methyl sites for hydroxylation is 1. The molecule has 9 heteroatoms. The third-order valence-corrected chi connectivity index (χ3v) is 7.96. The van der Waals surface area contributed by atoms with Crippen molar-refractivity contribution in [3.63, 3.8) is 0 Å². The second kappa shape index (κ2) is 9.81. The van der Waals surface area contributed by atoms with Gasteiger partial charge < -0.3 is 19.3 Å². The number of nitrogens with zero attached hydrogens (tertiary/aromatic N) is 3. The predicted molar refractivity (Wildman–Crippen MR) is 129 cm³/mol. The third kappa shape index (κ3) is 5.88. The number of halogens is 3. The van der Waals surface area contributed by atoms with Crippen molar-refractivity contribution < 1.29 is 27.4 Å². The zero-order chi connectivity index (χ0) is 25.4. The SMILES string of the molecule is Cc1ccc(CN2CC3(CCN(C(=O)OC(C)C(F)(F)F)CC3)CC2(C)C)c(N2CCOCC2)c1. The first-order valence-corrected chi connectivity index (χ1v) is 12.6. The molecule has 1 unspecified atom stereocenters. The van der Waals surface area contributed by atoms with Crippen LogP contribution >= 0.6 is 0 Å². The Morgan fingerprint density at radius 2 is 1.80 bits per heavy atom. The van der Waals surface area contributed by atoms with Crippen molar-refractivity contribution in [2.24, 2.45) is 5.41 Å². The maximum atomic E-state index is 12.8. The van der Waals surface area contributed by atoms with Crippen LogP contribution in [0.25, 0.3) is 0 Å². The van der Waals surface area contributed by atoms with Crippen molar-refractivity contribution in [1.29, 1.82) is 0 Å². The van der Waals surface area contributed by atoms with Gasteiger partial charge in [0.1, 0.15) is 0 Å². The molecular weight excluding hydrogens is 459 g/mol. The van der Waals surface area contributed by atoms with Crippen LogP contribution in [0.4, 0.5) is 23.7 Å². The van der Waals surface area contributed by atoms with Crippen LogP contribution in [0.5, 0.6) is 0 Å². The van der Waals surface area contributed by atoms with E-state index in [0.29, 0.717) is 13.1 Å². The van der Waals surface area contributed by atoms with Gasteiger partial charge in [0.05, 0.1) is 13.2 Å². The molecule has 0 radical (unpaired) electrons. The Hall–Kier alpha value is -2.00. The summed E-state index contributed by atoms with van der Waals surface area (Å²) in [6, 6.07) is 6.68. The van der Waals surface area contributed by atoms with E-state index in [0.717, 1.165) is 65.6 Å². The van der Waals surface area contributed by atoms with Gasteiger partial charge in [-0.2, -0.15) is 13.2 Å². The molecule has 35 heavy (non-hydrogen) atoms. The molecule has 1 atom stereocenters. The number of morpholine rings is 1. The Labute approximate surface area is 206 Å². The number of carbonyl (C=O) groups is 1. The largest absolute Gasteiger partial charge is 0.437 e. The molecule has 0 saturated carbocycles.